The first-order valence-corrected chi connectivity index (χ1v) is 6.65. The molecule has 1 aliphatic heterocycles. The number of aliphatic hydroxyl groups is 1. The summed E-state index contributed by atoms with van der Waals surface area (Å²) in [5.41, 5.74) is 2.68. The van der Waals surface area contributed by atoms with E-state index >= 15 is 0 Å². The van der Waals surface area contributed by atoms with Gasteiger partial charge >= 0.3 is 0 Å². The Morgan fingerprint density at radius 3 is 2.89 bits per heavy atom. The standard InChI is InChI=1S/C15H23NO2/c1-12-5-3-4-6-13(12)9-16(2)10-14-11-18-8-7-15(14)17/h3-6,14-15,17H,7-11H2,1-2H3. The largest absolute Gasteiger partial charge is 0.393 e. The third kappa shape index (κ3) is 3.55. The number of aryl methyl sites for hydroxylation is 1. The molecule has 18 heavy (non-hydrogen) atoms. The number of aliphatic hydroxyl groups excluding tert-OH is 1. The molecule has 2 atom stereocenters. The minimum atomic E-state index is -0.210. The third-order valence-corrected chi connectivity index (χ3v) is 3.68. The van der Waals surface area contributed by atoms with Crippen molar-refractivity contribution in [3.8, 4) is 0 Å². The zero-order valence-corrected chi connectivity index (χ0v) is 11.3. The minimum absolute atomic E-state index is 0.210. The lowest BCUT2D eigenvalue weighted by molar-refractivity contribution is -0.0451. The second-order valence-electron chi connectivity index (χ2n) is 5.31. The van der Waals surface area contributed by atoms with Crippen LogP contribution in [0.2, 0.25) is 0 Å². The molecule has 3 heteroatoms. The van der Waals surface area contributed by atoms with E-state index in [1.807, 2.05) is 0 Å². The smallest absolute Gasteiger partial charge is 0.0624 e. The average Bonchev–Trinajstić information content (AvgIpc) is 2.35. The molecule has 1 saturated heterocycles. The first-order valence-electron chi connectivity index (χ1n) is 6.65. The predicted octanol–water partition coefficient (Wildman–Crippen LogP) is 1.82. The van der Waals surface area contributed by atoms with E-state index in [0.717, 1.165) is 19.5 Å². The molecule has 0 bridgehead atoms. The van der Waals surface area contributed by atoms with Crippen molar-refractivity contribution < 1.29 is 9.84 Å². The molecule has 1 aromatic rings. The van der Waals surface area contributed by atoms with E-state index in [-0.39, 0.29) is 12.0 Å². The molecular formula is C15H23NO2. The number of hydrogen-bond acceptors (Lipinski definition) is 3. The van der Waals surface area contributed by atoms with Crippen LogP contribution in [0, 0.1) is 12.8 Å². The number of hydrogen-bond donors (Lipinski definition) is 1. The maximum Gasteiger partial charge on any atom is 0.0624 e. The number of benzene rings is 1. The molecule has 1 aliphatic rings. The monoisotopic (exact) mass is 249 g/mol. The van der Waals surface area contributed by atoms with Gasteiger partial charge in [0, 0.05) is 25.6 Å². The van der Waals surface area contributed by atoms with Crippen molar-refractivity contribution in [2.24, 2.45) is 5.92 Å². The van der Waals surface area contributed by atoms with Gasteiger partial charge in [0.2, 0.25) is 0 Å². The van der Waals surface area contributed by atoms with Crippen LogP contribution in [0.3, 0.4) is 0 Å². The van der Waals surface area contributed by atoms with Crippen molar-refractivity contribution in [3.05, 3.63) is 35.4 Å². The molecule has 0 aliphatic carbocycles. The first-order chi connectivity index (χ1) is 8.66. The fourth-order valence-corrected chi connectivity index (χ4v) is 2.50. The predicted molar refractivity (Wildman–Crippen MR) is 72.4 cm³/mol. The molecular weight excluding hydrogens is 226 g/mol. The Morgan fingerprint density at radius 2 is 2.17 bits per heavy atom. The molecule has 0 radical (unpaired) electrons. The molecule has 2 unspecified atom stereocenters. The Morgan fingerprint density at radius 1 is 1.39 bits per heavy atom. The SMILES string of the molecule is Cc1ccccc1CN(C)CC1COCCC1O. The van der Waals surface area contributed by atoms with Gasteiger partial charge in [-0.2, -0.15) is 0 Å². The summed E-state index contributed by atoms with van der Waals surface area (Å²) >= 11 is 0. The van der Waals surface area contributed by atoms with E-state index in [2.05, 4.69) is 43.1 Å². The minimum Gasteiger partial charge on any atom is -0.393 e. The van der Waals surface area contributed by atoms with Crippen LogP contribution in [0.15, 0.2) is 24.3 Å². The van der Waals surface area contributed by atoms with E-state index in [1.54, 1.807) is 0 Å². The molecule has 0 amide bonds. The maximum absolute atomic E-state index is 9.93. The Balaban J connectivity index is 1.88. The van der Waals surface area contributed by atoms with Gasteiger partial charge in [0.25, 0.3) is 0 Å². The second kappa shape index (κ2) is 6.32. The lowest BCUT2D eigenvalue weighted by Crippen LogP contribution is -2.39. The summed E-state index contributed by atoms with van der Waals surface area (Å²) < 4.78 is 5.44. The van der Waals surface area contributed by atoms with Crippen molar-refractivity contribution in [1.82, 2.24) is 4.90 Å². The van der Waals surface area contributed by atoms with Gasteiger partial charge in [0.15, 0.2) is 0 Å². The van der Waals surface area contributed by atoms with Crippen LogP contribution in [0.4, 0.5) is 0 Å². The molecule has 1 N–H and O–H groups in total. The van der Waals surface area contributed by atoms with E-state index in [9.17, 15) is 5.11 Å². The van der Waals surface area contributed by atoms with Gasteiger partial charge in [-0.15, -0.1) is 0 Å². The van der Waals surface area contributed by atoms with Crippen LogP contribution in [0.1, 0.15) is 17.5 Å². The fourth-order valence-electron chi connectivity index (χ4n) is 2.50. The van der Waals surface area contributed by atoms with Crippen LogP contribution >= 0.6 is 0 Å². The summed E-state index contributed by atoms with van der Waals surface area (Å²) in [6.45, 7) is 5.32. The van der Waals surface area contributed by atoms with Gasteiger partial charge < -0.3 is 14.7 Å². The average molecular weight is 249 g/mol. The van der Waals surface area contributed by atoms with E-state index in [4.69, 9.17) is 4.74 Å². The summed E-state index contributed by atoms with van der Waals surface area (Å²) in [5, 5.41) is 9.93. The highest BCUT2D eigenvalue weighted by molar-refractivity contribution is 5.25. The van der Waals surface area contributed by atoms with Crippen LogP contribution in [-0.2, 0) is 11.3 Å². The van der Waals surface area contributed by atoms with Crippen LogP contribution in [-0.4, -0.2) is 42.9 Å². The van der Waals surface area contributed by atoms with Crippen LogP contribution < -0.4 is 0 Å². The van der Waals surface area contributed by atoms with Crippen LogP contribution in [0.5, 0.6) is 0 Å². The molecule has 0 saturated carbocycles. The highest BCUT2D eigenvalue weighted by Crippen LogP contribution is 2.17. The second-order valence-corrected chi connectivity index (χ2v) is 5.31. The quantitative estimate of drug-likeness (QED) is 0.883. The third-order valence-electron chi connectivity index (χ3n) is 3.68. The number of ether oxygens (including phenoxy) is 1. The fraction of sp³-hybridized carbons (Fsp3) is 0.600. The zero-order valence-electron chi connectivity index (χ0n) is 11.3. The highest BCUT2D eigenvalue weighted by Gasteiger charge is 2.24. The molecule has 1 fully saturated rings. The van der Waals surface area contributed by atoms with E-state index in [1.165, 1.54) is 11.1 Å². The van der Waals surface area contributed by atoms with Crippen molar-refractivity contribution >= 4 is 0 Å². The van der Waals surface area contributed by atoms with Crippen molar-refractivity contribution in [2.75, 3.05) is 26.8 Å². The molecule has 2 rings (SSSR count). The van der Waals surface area contributed by atoms with Gasteiger partial charge in [-0.05, 0) is 31.5 Å². The zero-order chi connectivity index (χ0) is 13.0. The Bertz CT molecular complexity index is 381. The summed E-state index contributed by atoms with van der Waals surface area (Å²) in [7, 11) is 2.10. The summed E-state index contributed by atoms with van der Waals surface area (Å²) in [4.78, 5) is 2.27. The Labute approximate surface area is 109 Å². The molecule has 0 spiro atoms. The molecule has 1 heterocycles. The van der Waals surface area contributed by atoms with Gasteiger partial charge in [0.05, 0.1) is 12.7 Å². The highest BCUT2D eigenvalue weighted by atomic mass is 16.5. The molecule has 1 aromatic carbocycles. The van der Waals surface area contributed by atoms with E-state index < -0.39 is 0 Å². The topological polar surface area (TPSA) is 32.7 Å². The Kier molecular flexibility index (Phi) is 4.75. The summed E-state index contributed by atoms with van der Waals surface area (Å²) in [5.74, 6) is 0.243. The van der Waals surface area contributed by atoms with Gasteiger partial charge in [-0.3, -0.25) is 0 Å². The maximum atomic E-state index is 9.93. The van der Waals surface area contributed by atoms with Crippen molar-refractivity contribution in [2.45, 2.75) is 26.0 Å². The summed E-state index contributed by atoms with van der Waals surface area (Å²) in [6, 6.07) is 8.45. The molecule has 3 nitrogen and oxygen atoms in total. The summed E-state index contributed by atoms with van der Waals surface area (Å²) in [6.07, 6.45) is 0.557. The van der Waals surface area contributed by atoms with Gasteiger partial charge in [-0.25, -0.2) is 0 Å². The number of nitrogens with zero attached hydrogens (tertiary/aromatic N) is 1. The normalized spacial score (nSPS) is 24.4. The molecule has 100 valence electrons. The van der Waals surface area contributed by atoms with Crippen LogP contribution in [0.25, 0.3) is 0 Å². The Hall–Kier alpha value is -0.900. The lowest BCUT2D eigenvalue weighted by atomic mass is 9.98. The lowest BCUT2D eigenvalue weighted by Gasteiger charge is -2.31. The van der Waals surface area contributed by atoms with Gasteiger partial charge in [0.1, 0.15) is 0 Å². The van der Waals surface area contributed by atoms with Crippen molar-refractivity contribution in [1.29, 1.82) is 0 Å². The van der Waals surface area contributed by atoms with E-state index in [0.29, 0.717) is 13.2 Å². The number of rotatable bonds is 4. The first kappa shape index (κ1) is 13.5. The molecule has 0 aromatic heterocycles. The van der Waals surface area contributed by atoms with Gasteiger partial charge in [-0.1, -0.05) is 24.3 Å². The van der Waals surface area contributed by atoms with Crippen molar-refractivity contribution in [3.63, 3.8) is 0 Å².